The van der Waals surface area contributed by atoms with Crippen LogP contribution in [-0.2, 0) is 4.79 Å². The third-order valence-corrected chi connectivity index (χ3v) is 2.66. The van der Waals surface area contributed by atoms with E-state index in [0.29, 0.717) is 11.1 Å². The summed E-state index contributed by atoms with van der Waals surface area (Å²) in [6.07, 6.45) is 0. The van der Waals surface area contributed by atoms with Gasteiger partial charge in [0.25, 0.3) is 5.91 Å². The highest BCUT2D eigenvalue weighted by atomic mass is 16.4. The monoisotopic (exact) mass is 260 g/mol. The molecule has 0 aliphatic rings. The van der Waals surface area contributed by atoms with Crippen molar-refractivity contribution in [2.75, 3.05) is 0 Å². The number of benzene rings is 1. The summed E-state index contributed by atoms with van der Waals surface area (Å²) < 4.78 is 0. The summed E-state index contributed by atoms with van der Waals surface area (Å²) in [5.74, 6) is -1.54. The van der Waals surface area contributed by atoms with E-state index in [1.807, 2.05) is 6.07 Å². The molecule has 0 heterocycles. The molecule has 0 spiro atoms. The van der Waals surface area contributed by atoms with E-state index >= 15 is 0 Å². The molecule has 100 valence electrons. The van der Waals surface area contributed by atoms with E-state index in [9.17, 15) is 9.59 Å². The lowest BCUT2D eigenvalue weighted by Gasteiger charge is -2.27. The van der Waals surface area contributed by atoms with Crippen molar-refractivity contribution in [1.82, 2.24) is 5.32 Å². The summed E-state index contributed by atoms with van der Waals surface area (Å²) in [5.41, 5.74) is 0.185. The Morgan fingerprint density at radius 3 is 2.16 bits per heavy atom. The van der Waals surface area contributed by atoms with Crippen molar-refractivity contribution >= 4 is 11.9 Å². The largest absolute Gasteiger partial charge is 0.480 e. The van der Waals surface area contributed by atoms with Crippen LogP contribution < -0.4 is 5.32 Å². The number of amides is 1. The van der Waals surface area contributed by atoms with Crippen LogP contribution in [0.3, 0.4) is 0 Å². The topological polar surface area (TPSA) is 90.2 Å². The molecule has 0 bridgehead atoms. The molecule has 1 amide bonds. The van der Waals surface area contributed by atoms with Crippen LogP contribution in [0.5, 0.6) is 0 Å². The van der Waals surface area contributed by atoms with Crippen LogP contribution in [0.4, 0.5) is 0 Å². The lowest BCUT2D eigenvalue weighted by Crippen LogP contribution is -2.49. The first-order chi connectivity index (χ1) is 8.75. The molecule has 0 aromatic heterocycles. The van der Waals surface area contributed by atoms with E-state index in [-0.39, 0.29) is 0 Å². The van der Waals surface area contributed by atoms with Gasteiger partial charge in [0.2, 0.25) is 0 Å². The smallest absolute Gasteiger partial charge is 0.326 e. The fraction of sp³-hybridized carbons (Fsp3) is 0.357. The van der Waals surface area contributed by atoms with Crippen molar-refractivity contribution in [3.63, 3.8) is 0 Å². The fourth-order valence-electron chi connectivity index (χ4n) is 1.56. The number of hydrogen-bond donors (Lipinski definition) is 2. The third-order valence-electron chi connectivity index (χ3n) is 2.66. The quantitative estimate of drug-likeness (QED) is 0.866. The standard InChI is InChI=1S/C14H16N2O3/c1-14(2,3)11(13(18)19)16-12(17)10-6-4-9(8-15)5-7-10/h4-7,11H,1-3H3,(H,16,17)(H,18,19)/t11-/m1/s1. The molecular formula is C14H16N2O3. The Kier molecular flexibility index (Phi) is 4.28. The molecular weight excluding hydrogens is 244 g/mol. The molecule has 1 atom stereocenters. The van der Waals surface area contributed by atoms with Crippen molar-refractivity contribution in [3.05, 3.63) is 35.4 Å². The predicted octanol–water partition coefficient (Wildman–Crippen LogP) is 1.79. The molecule has 0 radical (unpaired) electrons. The maximum Gasteiger partial charge on any atom is 0.326 e. The number of carbonyl (C=O) groups is 2. The number of carboxylic acids is 1. The Balaban J connectivity index is 2.88. The minimum Gasteiger partial charge on any atom is -0.480 e. The number of rotatable bonds is 3. The van der Waals surface area contributed by atoms with Crippen LogP contribution in [0.1, 0.15) is 36.7 Å². The first kappa shape index (κ1) is 14.7. The van der Waals surface area contributed by atoms with Gasteiger partial charge in [0, 0.05) is 5.56 Å². The zero-order chi connectivity index (χ0) is 14.6. The van der Waals surface area contributed by atoms with E-state index in [1.54, 1.807) is 20.8 Å². The molecule has 19 heavy (non-hydrogen) atoms. The number of nitriles is 1. The van der Waals surface area contributed by atoms with Crippen molar-refractivity contribution in [3.8, 4) is 6.07 Å². The van der Waals surface area contributed by atoms with Gasteiger partial charge in [0.05, 0.1) is 11.6 Å². The molecule has 1 rings (SSSR count). The lowest BCUT2D eigenvalue weighted by molar-refractivity contribution is -0.142. The van der Waals surface area contributed by atoms with E-state index < -0.39 is 23.3 Å². The minimum atomic E-state index is -1.07. The summed E-state index contributed by atoms with van der Waals surface area (Å²) in [7, 11) is 0. The van der Waals surface area contributed by atoms with E-state index in [2.05, 4.69) is 5.32 Å². The Bertz CT molecular complexity index is 521. The van der Waals surface area contributed by atoms with Gasteiger partial charge in [-0.25, -0.2) is 4.79 Å². The van der Waals surface area contributed by atoms with Gasteiger partial charge in [-0.15, -0.1) is 0 Å². The molecule has 0 unspecified atom stereocenters. The fourth-order valence-corrected chi connectivity index (χ4v) is 1.56. The summed E-state index contributed by atoms with van der Waals surface area (Å²) in [5, 5.41) is 20.3. The number of nitrogens with one attached hydrogen (secondary N) is 1. The summed E-state index contributed by atoms with van der Waals surface area (Å²) in [6.45, 7) is 5.22. The van der Waals surface area contributed by atoms with Gasteiger partial charge in [-0.05, 0) is 29.7 Å². The molecule has 0 fully saturated rings. The first-order valence-corrected chi connectivity index (χ1v) is 5.79. The van der Waals surface area contributed by atoms with E-state index in [1.165, 1.54) is 24.3 Å². The van der Waals surface area contributed by atoms with Crippen molar-refractivity contribution in [2.24, 2.45) is 5.41 Å². The average molecular weight is 260 g/mol. The summed E-state index contributed by atoms with van der Waals surface area (Å²) in [4.78, 5) is 23.1. The molecule has 0 saturated heterocycles. The van der Waals surface area contributed by atoms with E-state index in [0.717, 1.165) is 0 Å². The minimum absolute atomic E-state index is 0.328. The Labute approximate surface area is 111 Å². The number of nitrogens with zero attached hydrogens (tertiary/aromatic N) is 1. The Hall–Kier alpha value is -2.35. The zero-order valence-electron chi connectivity index (χ0n) is 11.1. The Morgan fingerprint density at radius 1 is 1.26 bits per heavy atom. The van der Waals surface area contributed by atoms with Gasteiger partial charge in [-0.1, -0.05) is 20.8 Å². The lowest BCUT2D eigenvalue weighted by atomic mass is 9.86. The molecule has 2 N–H and O–H groups in total. The molecule has 0 aliphatic carbocycles. The van der Waals surface area contributed by atoms with Crippen LogP contribution >= 0.6 is 0 Å². The molecule has 0 aliphatic heterocycles. The van der Waals surface area contributed by atoms with Crippen LogP contribution in [0.2, 0.25) is 0 Å². The van der Waals surface area contributed by atoms with Crippen LogP contribution in [-0.4, -0.2) is 23.0 Å². The van der Waals surface area contributed by atoms with E-state index in [4.69, 9.17) is 10.4 Å². The number of hydrogen-bond acceptors (Lipinski definition) is 3. The third kappa shape index (κ3) is 3.81. The maximum absolute atomic E-state index is 11.9. The van der Waals surface area contributed by atoms with Crippen molar-refractivity contribution in [2.45, 2.75) is 26.8 Å². The summed E-state index contributed by atoms with van der Waals surface area (Å²) in [6, 6.07) is 7.00. The predicted molar refractivity (Wildman–Crippen MR) is 69.5 cm³/mol. The number of aliphatic carboxylic acids is 1. The van der Waals surface area contributed by atoms with Gasteiger partial charge < -0.3 is 10.4 Å². The first-order valence-electron chi connectivity index (χ1n) is 5.79. The molecule has 5 nitrogen and oxygen atoms in total. The van der Waals surface area contributed by atoms with Gasteiger partial charge in [-0.2, -0.15) is 5.26 Å². The van der Waals surface area contributed by atoms with Gasteiger partial charge in [-0.3, -0.25) is 4.79 Å². The normalized spacial score (nSPS) is 12.3. The Morgan fingerprint density at radius 2 is 1.79 bits per heavy atom. The van der Waals surface area contributed by atoms with Gasteiger partial charge >= 0.3 is 5.97 Å². The molecule has 1 aromatic rings. The van der Waals surface area contributed by atoms with Crippen molar-refractivity contribution < 1.29 is 14.7 Å². The highest BCUT2D eigenvalue weighted by Crippen LogP contribution is 2.20. The maximum atomic E-state index is 11.9. The highest BCUT2D eigenvalue weighted by Gasteiger charge is 2.32. The molecule has 1 aromatic carbocycles. The second kappa shape index (κ2) is 5.53. The molecule has 0 saturated carbocycles. The SMILES string of the molecule is CC(C)(C)[C@H](NC(=O)c1ccc(C#N)cc1)C(=O)O. The van der Waals surface area contributed by atoms with Crippen LogP contribution in [0.25, 0.3) is 0 Å². The van der Waals surface area contributed by atoms with Crippen molar-refractivity contribution in [1.29, 1.82) is 5.26 Å². The number of carbonyl (C=O) groups excluding carboxylic acids is 1. The average Bonchev–Trinajstić information content (AvgIpc) is 2.34. The molecule has 5 heteroatoms. The zero-order valence-corrected chi connectivity index (χ0v) is 11.1. The van der Waals surface area contributed by atoms with Crippen LogP contribution in [0.15, 0.2) is 24.3 Å². The second-order valence-corrected chi connectivity index (χ2v) is 5.30. The number of carboxylic acid groups (broad SMARTS) is 1. The van der Waals surface area contributed by atoms with Gasteiger partial charge in [0.1, 0.15) is 6.04 Å². The summed E-state index contributed by atoms with van der Waals surface area (Å²) >= 11 is 0. The second-order valence-electron chi connectivity index (χ2n) is 5.30. The van der Waals surface area contributed by atoms with Crippen LogP contribution in [0, 0.1) is 16.7 Å². The van der Waals surface area contributed by atoms with Gasteiger partial charge in [0.15, 0.2) is 0 Å². The highest BCUT2D eigenvalue weighted by molar-refractivity contribution is 5.96.